The van der Waals surface area contributed by atoms with Crippen molar-refractivity contribution in [1.29, 1.82) is 0 Å². The Kier molecular flexibility index (Phi) is 4.93. The van der Waals surface area contributed by atoms with Crippen molar-refractivity contribution in [3.05, 3.63) is 65.7 Å². The molecule has 2 N–H and O–H groups in total. The molecule has 2 aromatic rings. The first-order valence-electron chi connectivity index (χ1n) is 6.56. The van der Waals surface area contributed by atoms with Gasteiger partial charge in [0.05, 0.1) is 12.8 Å². The molecule has 0 atom stereocenters. The van der Waals surface area contributed by atoms with Crippen LogP contribution in [0.2, 0.25) is 0 Å². The third kappa shape index (κ3) is 3.73. The number of para-hydroxylation sites is 2. The molecule has 0 saturated heterocycles. The molecule has 0 radical (unpaired) electrons. The van der Waals surface area contributed by atoms with Crippen LogP contribution in [0.3, 0.4) is 0 Å². The van der Waals surface area contributed by atoms with Crippen molar-refractivity contribution in [1.82, 2.24) is 0 Å². The Morgan fingerprint density at radius 2 is 1.77 bits per heavy atom. The number of rotatable bonds is 4. The quantitative estimate of drug-likeness (QED) is 0.517. The van der Waals surface area contributed by atoms with Gasteiger partial charge in [0.15, 0.2) is 0 Å². The van der Waals surface area contributed by atoms with E-state index in [4.69, 9.17) is 0 Å². The molecule has 2 aromatic carbocycles. The van der Waals surface area contributed by atoms with Crippen LogP contribution in [0.4, 0.5) is 5.69 Å². The molecule has 5 nitrogen and oxygen atoms in total. The summed E-state index contributed by atoms with van der Waals surface area (Å²) in [6.07, 6.45) is 2.75. The first-order chi connectivity index (χ1) is 10.6. The van der Waals surface area contributed by atoms with E-state index in [1.54, 1.807) is 42.5 Å². The number of amides is 1. The zero-order valence-electron chi connectivity index (χ0n) is 11.9. The Morgan fingerprint density at radius 3 is 2.50 bits per heavy atom. The van der Waals surface area contributed by atoms with Gasteiger partial charge in [0.25, 0.3) is 5.91 Å². The minimum atomic E-state index is -0.504. The average Bonchev–Trinajstić information content (AvgIpc) is 2.55. The van der Waals surface area contributed by atoms with Crippen LogP contribution in [0.15, 0.2) is 54.6 Å². The van der Waals surface area contributed by atoms with E-state index in [2.05, 4.69) is 10.1 Å². The van der Waals surface area contributed by atoms with Gasteiger partial charge in [-0.05, 0) is 29.8 Å². The molecule has 0 fully saturated rings. The lowest BCUT2D eigenvalue weighted by atomic mass is 10.1. The van der Waals surface area contributed by atoms with E-state index in [0.717, 1.165) is 0 Å². The number of nitrogens with one attached hydrogen (secondary N) is 1. The summed E-state index contributed by atoms with van der Waals surface area (Å²) in [6, 6.07) is 13.3. The summed E-state index contributed by atoms with van der Waals surface area (Å²) in [6.45, 7) is 0. The minimum Gasteiger partial charge on any atom is -0.506 e. The molecule has 112 valence electrons. The van der Waals surface area contributed by atoms with Gasteiger partial charge < -0.3 is 15.2 Å². The lowest BCUT2D eigenvalue weighted by Gasteiger charge is -2.09. The summed E-state index contributed by atoms with van der Waals surface area (Å²) in [5.41, 5.74) is 1.27. The van der Waals surface area contributed by atoms with Gasteiger partial charge in [-0.3, -0.25) is 4.79 Å². The second-order valence-electron chi connectivity index (χ2n) is 4.42. The zero-order valence-corrected chi connectivity index (χ0v) is 11.9. The summed E-state index contributed by atoms with van der Waals surface area (Å²) in [5, 5.41) is 12.3. The smallest absolute Gasteiger partial charge is 0.330 e. The highest BCUT2D eigenvalue weighted by molar-refractivity contribution is 6.07. The fourth-order valence-corrected chi connectivity index (χ4v) is 1.84. The van der Waals surface area contributed by atoms with Crippen LogP contribution in [0.1, 0.15) is 15.9 Å². The number of hydrogen-bond donors (Lipinski definition) is 2. The van der Waals surface area contributed by atoms with Crippen LogP contribution < -0.4 is 5.32 Å². The molecule has 0 aromatic heterocycles. The van der Waals surface area contributed by atoms with Gasteiger partial charge in [-0.25, -0.2) is 4.79 Å². The number of methoxy groups -OCH3 is 1. The van der Waals surface area contributed by atoms with Crippen molar-refractivity contribution < 1.29 is 19.4 Å². The molecule has 0 spiro atoms. The highest BCUT2D eigenvalue weighted by Gasteiger charge is 2.11. The Hall–Kier alpha value is -3.08. The van der Waals surface area contributed by atoms with Crippen molar-refractivity contribution in [3.8, 4) is 5.75 Å². The van der Waals surface area contributed by atoms with Crippen LogP contribution in [0.5, 0.6) is 5.75 Å². The third-order valence-corrected chi connectivity index (χ3v) is 2.96. The predicted molar refractivity (Wildman–Crippen MR) is 83.6 cm³/mol. The first-order valence-corrected chi connectivity index (χ1v) is 6.56. The van der Waals surface area contributed by atoms with Gasteiger partial charge in [0, 0.05) is 11.6 Å². The molecule has 2 rings (SSSR count). The van der Waals surface area contributed by atoms with Gasteiger partial charge >= 0.3 is 5.97 Å². The van der Waals surface area contributed by atoms with Crippen molar-refractivity contribution in [2.45, 2.75) is 0 Å². The Morgan fingerprint density at radius 1 is 1.09 bits per heavy atom. The molecule has 5 heteroatoms. The Balaban J connectivity index is 2.25. The Bertz CT molecular complexity index is 722. The molecule has 22 heavy (non-hydrogen) atoms. The molecular formula is C17H15NO4. The molecule has 0 heterocycles. The number of carbonyl (C=O) groups excluding carboxylic acids is 2. The van der Waals surface area contributed by atoms with E-state index in [9.17, 15) is 14.7 Å². The minimum absolute atomic E-state index is 0.0153. The second kappa shape index (κ2) is 7.08. The second-order valence-corrected chi connectivity index (χ2v) is 4.42. The molecule has 0 aliphatic heterocycles. The first kappa shape index (κ1) is 15.3. The summed E-state index contributed by atoms with van der Waals surface area (Å²) in [4.78, 5) is 23.5. The van der Waals surface area contributed by atoms with Crippen LogP contribution in [0, 0.1) is 0 Å². The SMILES string of the molecule is COC(=O)/C=C/c1ccccc1C(=O)Nc1ccccc1O. The number of phenolic OH excluding ortho intramolecular Hbond substituents is 1. The number of anilines is 1. The highest BCUT2D eigenvalue weighted by Crippen LogP contribution is 2.23. The maximum Gasteiger partial charge on any atom is 0.330 e. The van der Waals surface area contributed by atoms with Crippen LogP contribution >= 0.6 is 0 Å². The van der Waals surface area contributed by atoms with E-state index in [1.165, 1.54) is 25.3 Å². The van der Waals surface area contributed by atoms with Gasteiger partial charge in [0.1, 0.15) is 5.75 Å². The third-order valence-electron chi connectivity index (χ3n) is 2.96. The molecule has 0 saturated carbocycles. The van der Waals surface area contributed by atoms with Crippen LogP contribution in [0.25, 0.3) is 6.08 Å². The zero-order chi connectivity index (χ0) is 15.9. The predicted octanol–water partition coefficient (Wildman–Crippen LogP) is 2.83. The van der Waals surface area contributed by atoms with E-state index < -0.39 is 5.97 Å². The van der Waals surface area contributed by atoms with Crippen molar-refractivity contribution in [2.75, 3.05) is 12.4 Å². The number of benzene rings is 2. The van der Waals surface area contributed by atoms with Gasteiger partial charge in [-0.1, -0.05) is 30.3 Å². The maximum absolute atomic E-state index is 12.3. The van der Waals surface area contributed by atoms with Crippen molar-refractivity contribution in [3.63, 3.8) is 0 Å². The standard InChI is InChI=1S/C17H15NO4/c1-22-16(20)11-10-12-6-2-3-7-13(12)17(21)18-14-8-4-5-9-15(14)19/h2-11,19H,1H3,(H,18,21)/b11-10+. The summed E-state index contributed by atoms with van der Waals surface area (Å²) in [7, 11) is 1.28. The van der Waals surface area contributed by atoms with Crippen LogP contribution in [-0.2, 0) is 9.53 Å². The number of hydrogen-bond acceptors (Lipinski definition) is 4. The average molecular weight is 297 g/mol. The number of phenols is 1. The largest absolute Gasteiger partial charge is 0.506 e. The number of ether oxygens (including phenoxy) is 1. The molecule has 0 aliphatic rings. The van der Waals surface area contributed by atoms with E-state index in [-0.39, 0.29) is 11.7 Å². The van der Waals surface area contributed by atoms with Crippen LogP contribution in [-0.4, -0.2) is 24.1 Å². The lowest BCUT2D eigenvalue weighted by molar-refractivity contribution is -0.134. The molecule has 0 unspecified atom stereocenters. The summed E-state index contributed by atoms with van der Waals surface area (Å²) >= 11 is 0. The van der Waals surface area contributed by atoms with E-state index in [1.807, 2.05) is 0 Å². The molecular weight excluding hydrogens is 282 g/mol. The van der Waals surface area contributed by atoms with Crippen molar-refractivity contribution >= 4 is 23.6 Å². The number of carbonyl (C=O) groups is 2. The Labute approximate surface area is 127 Å². The highest BCUT2D eigenvalue weighted by atomic mass is 16.5. The number of esters is 1. The summed E-state index contributed by atoms with van der Waals surface area (Å²) < 4.78 is 4.52. The summed E-state index contributed by atoms with van der Waals surface area (Å²) in [5.74, 6) is -0.902. The van der Waals surface area contributed by atoms with Gasteiger partial charge in [-0.2, -0.15) is 0 Å². The topological polar surface area (TPSA) is 75.6 Å². The van der Waals surface area contributed by atoms with Crippen molar-refractivity contribution in [2.24, 2.45) is 0 Å². The van der Waals surface area contributed by atoms with E-state index >= 15 is 0 Å². The van der Waals surface area contributed by atoms with Gasteiger partial charge in [-0.15, -0.1) is 0 Å². The lowest BCUT2D eigenvalue weighted by Crippen LogP contribution is -2.13. The number of aromatic hydroxyl groups is 1. The normalized spacial score (nSPS) is 10.4. The van der Waals surface area contributed by atoms with E-state index in [0.29, 0.717) is 16.8 Å². The fraction of sp³-hybridized carbons (Fsp3) is 0.0588. The fourth-order valence-electron chi connectivity index (χ4n) is 1.84. The van der Waals surface area contributed by atoms with Gasteiger partial charge in [0.2, 0.25) is 0 Å². The maximum atomic E-state index is 12.3. The molecule has 0 bridgehead atoms. The monoisotopic (exact) mass is 297 g/mol. The molecule has 0 aliphatic carbocycles. The molecule has 1 amide bonds.